The number of carbonyl (C=O) groups is 1. The number of carboxylic acid groups (broad SMARTS) is 1. The number of pyridine rings is 1. The van der Waals surface area contributed by atoms with Crippen LogP contribution in [-0.2, 0) is 11.2 Å². The molecule has 1 heterocycles. The number of rotatable bonds is 4. The first kappa shape index (κ1) is 15.1. The standard InChI is InChI=1S/C10H8F5NO3/c1-4-2-5(9(11)12)8(19-10(13,14)15)6(16-4)3-7(17)18/h2,9H,3H2,1H3,(H,17,18). The van der Waals surface area contributed by atoms with Crippen molar-refractivity contribution >= 4 is 5.97 Å². The molecular formula is C10H8F5NO3. The average molecular weight is 285 g/mol. The Bertz CT molecular complexity index is 487. The van der Waals surface area contributed by atoms with E-state index in [9.17, 15) is 26.7 Å². The van der Waals surface area contributed by atoms with Gasteiger partial charge in [-0.05, 0) is 13.0 Å². The lowest BCUT2D eigenvalue weighted by Crippen LogP contribution is -2.21. The largest absolute Gasteiger partial charge is 0.573 e. The van der Waals surface area contributed by atoms with Crippen LogP contribution in [0.15, 0.2) is 6.07 Å². The summed E-state index contributed by atoms with van der Waals surface area (Å²) in [7, 11) is 0. The minimum Gasteiger partial charge on any atom is -0.481 e. The summed E-state index contributed by atoms with van der Waals surface area (Å²) in [6.07, 6.45) is -9.41. The zero-order valence-electron chi connectivity index (χ0n) is 9.46. The lowest BCUT2D eigenvalue weighted by molar-refractivity contribution is -0.275. The van der Waals surface area contributed by atoms with Crippen LogP contribution in [-0.4, -0.2) is 22.4 Å². The van der Waals surface area contributed by atoms with E-state index in [0.717, 1.165) is 6.07 Å². The highest BCUT2D eigenvalue weighted by Crippen LogP contribution is 2.35. The lowest BCUT2D eigenvalue weighted by Gasteiger charge is -2.16. The molecule has 0 amide bonds. The van der Waals surface area contributed by atoms with E-state index in [2.05, 4.69) is 9.72 Å². The fourth-order valence-electron chi connectivity index (χ4n) is 1.41. The molecule has 0 bridgehead atoms. The minimum atomic E-state index is -5.21. The molecule has 19 heavy (non-hydrogen) atoms. The van der Waals surface area contributed by atoms with Crippen LogP contribution in [0.4, 0.5) is 22.0 Å². The molecule has 0 unspecified atom stereocenters. The van der Waals surface area contributed by atoms with Gasteiger partial charge in [0.05, 0.1) is 17.7 Å². The van der Waals surface area contributed by atoms with Crippen molar-refractivity contribution in [3.63, 3.8) is 0 Å². The molecule has 0 fully saturated rings. The van der Waals surface area contributed by atoms with Gasteiger partial charge in [0.25, 0.3) is 6.43 Å². The highest BCUT2D eigenvalue weighted by molar-refractivity contribution is 5.71. The van der Waals surface area contributed by atoms with Crippen molar-refractivity contribution < 1.29 is 36.6 Å². The maximum Gasteiger partial charge on any atom is 0.573 e. The Balaban J connectivity index is 3.38. The van der Waals surface area contributed by atoms with Crippen LogP contribution in [0.5, 0.6) is 5.75 Å². The van der Waals surface area contributed by atoms with E-state index >= 15 is 0 Å². The molecule has 0 atom stereocenters. The average Bonchev–Trinajstić information content (AvgIpc) is 2.18. The van der Waals surface area contributed by atoms with Gasteiger partial charge in [-0.25, -0.2) is 8.78 Å². The third-order valence-corrected chi connectivity index (χ3v) is 1.97. The van der Waals surface area contributed by atoms with Gasteiger partial charge >= 0.3 is 12.3 Å². The van der Waals surface area contributed by atoms with Crippen molar-refractivity contribution in [1.29, 1.82) is 0 Å². The smallest absolute Gasteiger partial charge is 0.481 e. The number of ether oxygens (including phenoxy) is 1. The van der Waals surface area contributed by atoms with Crippen LogP contribution < -0.4 is 4.74 Å². The molecule has 0 saturated carbocycles. The number of hydrogen-bond acceptors (Lipinski definition) is 3. The minimum absolute atomic E-state index is 0.0268. The van der Waals surface area contributed by atoms with E-state index < -0.39 is 42.2 Å². The topological polar surface area (TPSA) is 59.4 Å². The first-order valence-corrected chi connectivity index (χ1v) is 4.86. The molecule has 106 valence electrons. The Hall–Kier alpha value is -1.93. The summed E-state index contributed by atoms with van der Waals surface area (Å²) in [6.45, 7) is 1.26. The molecule has 0 saturated heterocycles. The third-order valence-electron chi connectivity index (χ3n) is 1.97. The Kier molecular flexibility index (Phi) is 4.28. The first-order chi connectivity index (χ1) is 8.60. The Morgan fingerprint density at radius 3 is 2.47 bits per heavy atom. The van der Waals surface area contributed by atoms with Gasteiger partial charge in [0.15, 0.2) is 5.75 Å². The van der Waals surface area contributed by atoms with Gasteiger partial charge in [0, 0.05) is 5.69 Å². The zero-order valence-corrected chi connectivity index (χ0v) is 9.46. The highest BCUT2D eigenvalue weighted by Gasteiger charge is 2.35. The summed E-state index contributed by atoms with van der Waals surface area (Å²) >= 11 is 0. The van der Waals surface area contributed by atoms with Crippen LogP contribution in [0.25, 0.3) is 0 Å². The molecular weight excluding hydrogens is 277 g/mol. The summed E-state index contributed by atoms with van der Waals surface area (Å²) < 4.78 is 65.3. The van der Waals surface area contributed by atoms with Gasteiger partial charge in [0.2, 0.25) is 0 Å². The fraction of sp³-hybridized carbons (Fsp3) is 0.400. The molecule has 1 aromatic heterocycles. The maximum absolute atomic E-state index is 12.7. The number of nitrogens with zero attached hydrogens (tertiary/aromatic N) is 1. The molecule has 9 heteroatoms. The number of aliphatic carboxylic acids is 1. The molecule has 4 nitrogen and oxygen atoms in total. The predicted octanol–water partition coefficient (Wildman–Crippen LogP) is 2.85. The van der Waals surface area contributed by atoms with Gasteiger partial charge in [-0.2, -0.15) is 0 Å². The molecule has 0 aliphatic rings. The Labute approximate surface area is 103 Å². The molecule has 0 aliphatic heterocycles. The number of hydrogen-bond donors (Lipinski definition) is 1. The number of carboxylic acids is 1. The number of aromatic nitrogens is 1. The second-order valence-electron chi connectivity index (χ2n) is 3.55. The molecule has 0 aromatic carbocycles. The van der Waals surface area contributed by atoms with Crippen molar-refractivity contribution in [3.05, 3.63) is 23.0 Å². The van der Waals surface area contributed by atoms with E-state index in [1.54, 1.807) is 0 Å². The fourth-order valence-corrected chi connectivity index (χ4v) is 1.41. The van der Waals surface area contributed by atoms with Crippen LogP contribution in [0.2, 0.25) is 0 Å². The lowest BCUT2D eigenvalue weighted by atomic mass is 10.1. The Morgan fingerprint density at radius 2 is 2.05 bits per heavy atom. The molecule has 0 spiro atoms. The van der Waals surface area contributed by atoms with Gasteiger partial charge in [-0.15, -0.1) is 13.2 Å². The van der Waals surface area contributed by atoms with Gasteiger partial charge in [-0.3, -0.25) is 9.78 Å². The maximum atomic E-state index is 12.7. The Morgan fingerprint density at radius 1 is 1.47 bits per heavy atom. The van der Waals surface area contributed by atoms with E-state index in [0.29, 0.717) is 0 Å². The summed E-state index contributed by atoms with van der Waals surface area (Å²) in [5.74, 6) is -2.76. The quantitative estimate of drug-likeness (QED) is 0.864. The molecule has 1 N–H and O–H groups in total. The second-order valence-corrected chi connectivity index (χ2v) is 3.55. The predicted molar refractivity (Wildman–Crippen MR) is 52.0 cm³/mol. The number of aryl methyl sites for hydroxylation is 1. The van der Waals surface area contributed by atoms with Crippen molar-refractivity contribution in [2.45, 2.75) is 26.1 Å². The summed E-state index contributed by atoms with van der Waals surface area (Å²) in [6, 6.07) is 0.719. The van der Waals surface area contributed by atoms with Crippen molar-refractivity contribution in [1.82, 2.24) is 4.98 Å². The molecule has 1 aromatic rings. The zero-order chi connectivity index (χ0) is 14.8. The highest BCUT2D eigenvalue weighted by atomic mass is 19.4. The third kappa shape index (κ3) is 4.34. The number of alkyl halides is 5. The first-order valence-electron chi connectivity index (χ1n) is 4.86. The molecule has 0 radical (unpaired) electrons. The summed E-state index contributed by atoms with van der Waals surface area (Å²) in [4.78, 5) is 14.0. The molecule has 1 rings (SSSR count). The SMILES string of the molecule is Cc1cc(C(F)F)c(OC(F)(F)F)c(CC(=O)O)n1. The van der Waals surface area contributed by atoms with Crippen molar-refractivity contribution in [2.75, 3.05) is 0 Å². The molecule has 0 aliphatic carbocycles. The van der Waals surface area contributed by atoms with E-state index in [1.807, 2.05) is 0 Å². The van der Waals surface area contributed by atoms with E-state index in [-0.39, 0.29) is 5.69 Å². The van der Waals surface area contributed by atoms with E-state index in [1.165, 1.54) is 6.92 Å². The monoisotopic (exact) mass is 285 g/mol. The van der Waals surface area contributed by atoms with Crippen molar-refractivity contribution in [2.24, 2.45) is 0 Å². The van der Waals surface area contributed by atoms with Gasteiger partial charge < -0.3 is 9.84 Å². The van der Waals surface area contributed by atoms with Crippen LogP contribution in [0.3, 0.4) is 0 Å². The van der Waals surface area contributed by atoms with Crippen LogP contribution >= 0.6 is 0 Å². The van der Waals surface area contributed by atoms with Crippen molar-refractivity contribution in [3.8, 4) is 5.75 Å². The summed E-state index contributed by atoms with van der Waals surface area (Å²) in [5.41, 5.74) is -1.76. The number of halogens is 5. The van der Waals surface area contributed by atoms with Crippen LogP contribution in [0, 0.1) is 6.92 Å². The van der Waals surface area contributed by atoms with Gasteiger partial charge in [-0.1, -0.05) is 0 Å². The van der Waals surface area contributed by atoms with E-state index in [4.69, 9.17) is 5.11 Å². The van der Waals surface area contributed by atoms with Gasteiger partial charge in [0.1, 0.15) is 0 Å². The second kappa shape index (κ2) is 5.37. The summed E-state index contributed by atoms with van der Waals surface area (Å²) in [5, 5.41) is 8.55. The van der Waals surface area contributed by atoms with Crippen LogP contribution in [0.1, 0.15) is 23.4 Å². The normalized spacial score (nSPS) is 11.7.